The van der Waals surface area contributed by atoms with E-state index in [4.69, 9.17) is 4.74 Å². The van der Waals surface area contributed by atoms with Crippen molar-refractivity contribution < 1.29 is 14.3 Å². The normalized spacial score (nSPS) is 16.4. The topological polar surface area (TPSA) is 49.9 Å². The van der Waals surface area contributed by atoms with Crippen LogP contribution >= 0.6 is 11.8 Å². The van der Waals surface area contributed by atoms with Crippen LogP contribution in [0.2, 0.25) is 0 Å². The zero-order valence-electron chi connectivity index (χ0n) is 14.8. The van der Waals surface area contributed by atoms with Crippen LogP contribution < -0.4 is 9.64 Å². The zero-order valence-corrected chi connectivity index (χ0v) is 15.6. The van der Waals surface area contributed by atoms with Gasteiger partial charge in [0.1, 0.15) is 5.75 Å². The number of rotatable bonds is 6. The van der Waals surface area contributed by atoms with E-state index in [1.54, 1.807) is 13.2 Å². The van der Waals surface area contributed by atoms with Gasteiger partial charge in [-0.15, -0.1) is 0 Å². The molecule has 1 heterocycles. The molecular weight excluding hydrogens is 324 g/mol. The average molecular weight is 348 g/mol. The van der Waals surface area contributed by atoms with Crippen molar-refractivity contribution in [2.45, 2.75) is 33.7 Å². The minimum Gasteiger partial charge on any atom is -0.496 e. The molecule has 1 aliphatic rings. The van der Waals surface area contributed by atoms with E-state index in [9.17, 15) is 9.59 Å². The number of hydrogen-bond donors (Lipinski definition) is 0. The molecule has 0 bridgehead atoms. The number of nitrogens with zero attached hydrogens (tertiary/aromatic N) is 2. The predicted molar refractivity (Wildman–Crippen MR) is 99.5 cm³/mol. The molecule has 1 aromatic rings. The van der Waals surface area contributed by atoms with Crippen molar-refractivity contribution in [1.29, 1.82) is 0 Å². The molecule has 0 spiro atoms. The quantitative estimate of drug-likeness (QED) is 0.728. The highest BCUT2D eigenvalue weighted by atomic mass is 32.2. The molecule has 0 unspecified atom stereocenters. The highest BCUT2D eigenvalue weighted by Crippen LogP contribution is 2.36. The molecule has 1 fully saturated rings. The van der Waals surface area contributed by atoms with Gasteiger partial charge in [0, 0.05) is 36.4 Å². The highest BCUT2D eigenvalue weighted by Gasteiger charge is 2.36. The maximum absolute atomic E-state index is 12.4. The number of methoxy groups -OCH3 is 1. The summed E-state index contributed by atoms with van der Waals surface area (Å²) in [6, 6.07) is 5.76. The Morgan fingerprint density at radius 3 is 2.42 bits per heavy atom. The van der Waals surface area contributed by atoms with Crippen molar-refractivity contribution in [3.63, 3.8) is 0 Å². The van der Waals surface area contributed by atoms with Gasteiger partial charge < -0.3 is 9.64 Å². The van der Waals surface area contributed by atoms with E-state index >= 15 is 0 Å². The number of anilines is 1. The predicted octanol–water partition coefficient (Wildman–Crippen LogP) is 3.99. The van der Waals surface area contributed by atoms with Gasteiger partial charge in [0.05, 0.1) is 12.0 Å². The summed E-state index contributed by atoms with van der Waals surface area (Å²) >= 11 is 0.976. The number of thioether (sulfide) groups is 1. The summed E-state index contributed by atoms with van der Waals surface area (Å²) in [5.74, 6) is 0.450. The van der Waals surface area contributed by atoms with Crippen LogP contribution in [0.5, 0.6) is 5.75 Å². The van der Waals surface area contributed by atoms with Gasteiger partial charge in [0.2, 0.25) is 0 Å². The third kappa shape index (κ3) is 3.59. The second-order valence-corrected chi connectivity index (χ2v) is 6.74. The smallest absolute Gasteiger partial charge is 0.293 e. The number of benzene rings is 1. The minimum atomic E-state index is -0.241. The molecule has 0 atom stereocenters. The molecule has 1 aliphatic heterocycles. The molecule has 0 N–H and O–H groups in total. The number of amides is 2. The zero-order chi connectivity index (χ0) is 17.9. The summed E-state index contributed by atoms with van der Waals surface area (Å²) in [5.41, 5.74) is 1.87. The third-order valence-electron chi connectivity index (χ3n) is 3.97. The van der Waals surface area contributed by atoms with Crippen molar-refractivity contribution in [2.24, 2.45) is 0 Å². The van der Waals surface area contributed by atoms with Gasteiger partial charge in [-0.25, -0.2) is 0 Å². The molecule has 6 heteroatoms. The Morgan fingerprint density at radius 2 is 1.92 bits per heavy atom. The maximum Gasteiger partial charge on any atom is 0.293 e. The number of hydrogen-bond acceptors (Lipinski definition) is 5. The minimum absolute atomic E-state index is 0.143. The summed E-state index contributed by atoms with van der Waals surface area (Å²) in [6.07, 6.45) is 1.73. The Hall–Kier alpha value is -1.95. The van der Waals surface area contributed by atoms with E-state index in [0.29, 0.717) is 10.7 Å². The summed E-state index contributed by atoms with van der Waals surface area (Å²) < 4.78 is 5.48. The van der Waals surface area contributed by atoms with Crippen molar-refractivity contribution >= 4 is 34.7 Å². The monoisotopic (exact) mass is 348 g/mol. The second-order valence-electron chi connectivity index (χ2n) is 5.74. The SMILES string of the molecule is CCN(CC)c1ccc(/C=C2/SC(=O)N(C(C)C)C2=O)c(OC)c1. The van der Waals surface area contributed by atoms with Gasteiger partial charge in [0.25, 0.3) is 11.1 Å². The second kappa shape index (κ2) is 7.75. The number of ether oxygens (including phenoxy) is 1. The fourth-order valence-electron chi connectivity index (χ4n) is 2.67. The van der Waals surface area contributed by atoms with Crippen LogP contribution in [0.3, 0.4) is 0 Å². The van der Waals surface area contributed by atoms with E-state index in [0.717, 1.165) is 36.1 Å². The molecule has 2 rings (SSSR count). The first kappa shape index (κ1) is 18.4. The lowest BCUT2D eigenvalue weighted by molar-refractivity contribution is -0.123. The van der Waals surface area contributed by atoms with Gasteiger partial charge in [-0.05, 0) is 57.7 Å². The molecule has 0 saturated carbocycles. The lowest BCUT2D eigenvalue weighted by atomic mass is 10.1. The van der Waals surface area contributed by atoms with Gasteiger partial charge in [-0.3, -0.25) is 14.5 Å². The molecule has 1 aromatic carbocycles. The van der Waals surface area contributed by atoms with E-state index in [-0.39, 0.29) is 17.2 Å². The Bertz CT molecular complexity index is 666. The Morgan fingerprint density at radius 1 is 1.25 bits per heavy atom. The van der Waals surface area contributed by atoms with Gasteiger partial charge in [0.15, 0.2) is 0 Å². The van der Waals surface area contributed by atoms with Gasteiger partial charge >= 0.3 is 0 Å². The van der Waals surface area contributed by atoms with Crippen LogP contribution in [0.15, 0.2) is 23.1 Å². The number of carbonyl (C=O) groups is 2. The van der Waals surface area contributed by atoms with Crippen molar-refractivity contribution in [2.75, 3.05) is 25.1 Å². The van der Waals surface area contributed by atoms with Crippen molar-refractivity contribution in [3.05, 3.63) is 28.7 Å². The molecular formula is C18H24N2O3S. The van der Waals surface area contributed by atoms with Gasteiger partial charge in [-0.2, -0.15) is 0 Å². The molecule has 24 heavy (non-hydrogen) atoms. The molecule has 0 radical (unpaired) electrons. The summed E-state index contributed by atoms with van der Waals surface area (Å²) in [6.45, 7) is 9.69. The Kier molecular flexibility index (Phi) is 5.94. The van der Waals surface area contributed by atoms with Gasteiger partial charge in [-0.1, -0.05) is 0 Å². The molecule has 2 amide bonds. The summed E-state index contributed by atoms with van der Waals surface area (Å²) in [4.78, 5) is 28.3. The molecule has 0 aliphatic carbocycles. The first-order chi connectivity index (χ1) is 11.4. The average Bonchev–Trinajstić information content (AvgIpc) is 2.83. The number of carbonyl (C=O) groups excluding carboxylic acids is 2. The van der Waals surface area contributed by atoms with Crippen LogP contribution in [0.25, 0.3) is 6.08 Å². The fraction of sp³-hybridized carbons (Fsp3) is 0.444. The molecule has 130 valence electrons. The van der Waals surface area contributed by atoms with Crippen molar-refractivity contribution in [1.82, 2.24) is 4.90 Å². The van der Waals surface area contributed by atoms with Crippen molar-refractivity contribution in [3.8, 4) is 5.75 Å². The standard InChI is InChI=1S/C18H24N2O3S/c1-6-19(7-2)14-9-8-13(15(11-14)23-5)10-16-17(21)20(12(3)4)18(22)24-16/h8-12H,6-7H2,1-5H3/b16-10+. The third-order valence-corrected chi connectivity index (χ3v) is 4.86. The summed E-state index contributed by atoms with van der Waals surface area (Å²) in [7, 11) is 1.61. The van der Waals surface area contributed by atoms with E-state index in [2.05, 4.69) is 18.7 Å². The fourth-order valence-corrected chi connectivity index (χ4v) is 3.62. The Balaban J connectivity index is 2.36. The first-order valence-electron chi connectivity index (χ1n) is 8.12. The first-order valence-corrected chi connectivity index (χ1v) is 8.94. The number of imide groups is 1. The largest absolute Gasteiger partial charge is 0.496 e. The molecule has 1 saturated heterocycles. The van der Waals surface area contributed by atoms with E-state index in [1.807, 2.05) is 32.0 Å². The van der Waals surface area contributed by atoms with Crippen LogP contribution in [-0.2, 0) is 4.79 Å². The van der Waals surface area contributed by atoms with Crippen LogP contribution in [0.1, 0.15) is 33.3 Å². The lowest BCUT2D eigenvalue weighted by Gasteiger charge is -2.22. The van der Waals surface area contributed by atoms with Crippen LogP contribution in [0, 0.1) is 0 Å². The van der Waals surface area contributed by atoms with E-state index in [1.165, 1.54) is 4.90 Å². The highest BCUT2D eigenvalue weighted by molar-refractivity contribution is 8.18. The molecule has 5 nitrogen and oxygen atoms in total. The molecule has 0 aromatic heterocycles. The van der Waals surface area contributed by atoms with Crippen LogP contribution in [-0.4, -0.2) is 42.3 Å². The lowest BCUT2D eigenvalue weighted by Crippen LogP contribution is -2.34. The van der Waals surface area contributed by atoms with E-state index < -0.39 is 0 Å². The van der Waals surface area contributed by atoms with Crippen LogP contribution in [0.4, 0.5) is 10.5 Å². The Labute approximate surface area is 147 Å². The maximum atomic E-state index is 12.4. The summed E-state index contributed by atoms with van der Waals surface area (Å²) in [5, 5.41) is -0.222.